The standard InChI is InChI=1S/C14H15BrN2O2/c15-11-5-4-8(6-12(11)16)7-17-13(18)9-2-1-3-10(9)14(17)19/h4-6,9-10H,1-3,7,16H2. The summed E-state index contributed by atoms with van der Waals surface area (Å²) < 4.78 is 0.826. The molecule has 2 amide bonds. The number of anilines is 1. The second-order valence-corrected chi connectivity index (χ2v) is 6.12. The van der Waals surface area contributed by atoms with Crippen molar-refractivity contribution in [2.75, 3.05) is 5.73 Å². The maximum atomic E-state index is 12.2. The van der Waals surface area contributed by atoms with Gasteiger partial charge >= 0.3 is 0 Å². The first-order valence-electron chi connectivity index (χ1n) is 6.47. The molecule has 2 N–H and O–H groups in total. The largest absolute Gasteiger partial charge is 0.398 e. The van der Waals surface area contributed by atoms with Crippen molar-refractivity contribution in [2.24, 2.45) is 11.8 Å². The summed E-state index contributed by atoms with van der Waals surface area (Å²) >= 11 is 3.33. The number of fused-ring (bicyclic) bond motifs is 1. The Morgan fingerprint density at radius 2 is 1.84 bits per heavy atom. The fraction of sp³-hybridized carbons (Fsp3) is 0.429. The molecule has 5 heteroatoms. The van der Waals surface area contributed by atoms with Gasteiger partial charge in [-0.25, -0.2) is 0 Å². The van der Waals surface area contributed by atoms with E-state index < -0.39 is 0 Å². The van der Waals surface area contributed by atoms with Crippen molar-refractivity contribution >= 4 is 33.4 Å². The quantitative estimate of drug-likeness (QED) is 0.671. The number of rotatable bonds is 2. The molecule has 2 aliphatic rings. The van der Waals surface area contributed by atoms with Crippen LogP contribution in [0.1, 0.15) is 24.8 Å². The lowest BCUT2D eigenvalue weighted by molar-refractivity contribution is -0.141. The molecule has 1 aromatic rings. The average Bonchev–Trinajstić information content (AvgIpc) is 2.94. The predicted octanol–water partition coefficient (Wildman–Crippen LogP) is 2.32. The SMILES string of the molecule is Nc1cc(CN2C(=O)C3CCCC3C2=O)ccc1Br. The molecule has 3 rings (SSSR count). The van der Waals surface area contributed by atoms with Crippen LogP contribution in [0.2, 0.25) is 0 Å². The highest BCUT2D eigenvalue weighted by molar-refractivity contribution is 9.10. The van der Waals surface area contributed by atoms with Crippen LogP contribution in [0.3, 0.4) is 0 Å². The topological polar surface area (TPSA) is 63.4 Å². The first kappa shape index (κ1) is 12.7. The Morgan fingerprint density at radius 1 is 1.21 bits per heavy atom. The number of benzene rings is 1. The number of hydrogen-bond donors (Lipinski definition) is 1. The molecule has 0 spiro atoms. The van der Waals surface area contributed by atoms with E-state index in [0.29, 0.717) is 12.2 Å². The van der Waals surface area contributed by atoms with Gasteiger partial charge < -0.3 is 5.73 Å². The van der Waals surface area contributed by atoms with Crippen LogP contribution in [0, 0.1) is 11.8 Å². The zero-order chi connectivity index (χ0) is 13.6. The minimum Gasteiger partial charge on any atom is -0.398 e. The van der Waals surface area contributed by atoms with Crippen LogP contribution in [0.25, 0.3) is 0 Å². The molecule has 1 aliphatic carbocycles. The minimum absolute atomic E-state index is 0.00556. The van der Waals surface area contributed by atoms with Gasteiger partial charge in [-0.1, -0.05) is 12.5 Å². The molecule has 1 aromatic carbocycles. The number of nitrogen functional groups attached to an aromatic ring is 1. The van der Waals surface area contributed by atoms with Crippen LogP contribution in [0.4, 0.5) is 5.69 Å². The zero-order valence-electron chi connectivity index (χ0n) is 10.4. The number of amides is 2. The number of likely N-dealkylation sites (tertiary alicyclic amines) is 1. The van der Waals surface area contributed by atoms with Crippen LogP contribution in [0.5, 0.6) is 0 Å². The van der Waals surface area contributed by atoms with Crippen molar-refractivity contribution in [3.63, 3.8) is 0 Å². The van der Waals surface area contributed by atoms with Gasteiger partial charge in [0, 0.05) is 10.2 Å². The van der Waals surface area contributed by atoms with Crippen LogP contribution >= 0.6 is 15.9 Å². The Hall–Kier alpha value is -1.36. The first-order valence-corrected chi connectivity index (χ1v) is 7.26. The Bertz CT molecular complexity index is 536. The monoisotopic (exact) mass is 322 g/mol. The number of nitrogens with two attached hydrogens (primary N) is 1. The summed E-state index contributed by atoms with van der Waals surface area (Å²) in [6.07, 6.45) is 2.70. The van der Waals surface area contributed by atoms with Gasteiger partial charge in [-0.15, -0.1) is 0 Å². The molecule has 2 unspecified atom stereocenters. The molecular weight excluding hydrogens is 308 g/mol. The van der Waals surface area contributed by atoms with E-state index in [1.165, 1.54) is 4.90 Å². The van der Waals surface area contributed by atoms with Crippen molar-refractivity contribution in [1.29, 1.82) is 0 Å². The van der Waals surface area contributed by atoms with E-state index >= 15 is 0 Å². The summed E-state index contributed by atoms with van der Waals surface area (Å²) in [5.74, 6) is -0.149. The average molecular weight is 323 g/mol. The highest BCUT2D eigenvalue weighted by atomic mass is 79.9. The summed E-state index contributed by atoms with van der Waals surface area (Å²) in [6.45, 7) is 0.335. The van der Waals surface area contributed by atoms with E-state index in [0.717, 1.165) is 29.3 Å². The Balaban J connectivity index is 1.81. The second kappa shape index (κ2) is 4.63. The van der Waals surface area contributed by atoms with Crippen LogP contribution < -0.4 is 5.73 Å². The molecule has 19 heavy (non-hydrogen) atoms. The van der Waals surface area contributed by atoms with Crippen molar-refractivity contribution in [3.05, 3.63) is 28.2 Å². The van der Waals surface area contributed by atoms with Crippen molar-refractivity contribution in [2.45, 2.75) is 25.8 Å². The summed E-state index contributed by atoms with van der Waals surface area (Å²) in [7, 11) is 0. The fourth-order valence-electron chi connectivity index (χ4n) is 3.09. The summed E-state index contributed by atoms with van der Waals surface area (Å²) in [4.78, 5) is 25.8. The van der Waals surface area contributed by atoms with Crippen molar-refractivity contribution in [3.8, 4) is 0 Å². The molecule has 2 fully saturated rings. The van der Waals surface area contributed by atoms with Gasteiger partial charge in [0.15, 0.2) is 0 Å². The van der Waals surface area contributed by atoms with E-state index in [9.17, 15) is 9.59 Å². The summed E-state index contributed by atoms with van der Waals surface area (Å²) in [5, 5.41) is 0. The molecule has 0 aromatic heterocycles. The van der Waals surface area contributed by atoms with Gasteiger partial charge in [-0.3, -0.25) is 14.5 Å². The molecule has 100 valence electrons. The molecular formula is C14H15BrN2O2. The maximum Gasteiger partial charge on any atom is 0.233 e. The zero-order valence-corrected chi connectivity index (χ0v) is 12.0. The lowest BCUT2D eigenvalue weighted by Crippen LogP contribution is -2.31. The lowest BCUT2D eigenvalue weighted by atomic mass is 10.00. The molecule has 1 saturated carbocycles. The maximum absolute atomic E-state index is 12.2. The Labute approximate surface area is 120 Å². The second-order valence-electron chi connectivity index (χ2n) is 5.26. The molecule has 4 nitrogen and oxygen atoms in total. The van der Waals surface area contributed by atoms with Crippen LogP contribution in [0.15, 0.2) is 22.7 Å². The predicted molar refractivity (Wildman–Crippen MR) is 74.9 cm³/mol. The number of carbonyl (C=O) groups excluding carboxylic acids is 2. The first-order chi connectivity index (χ1) is 9.08. The van der Waals surface area contributed by atoms with E-state index in [2.05, 4.69) is 15.9 Å². The van der Waals surface area contributed by atoms with Gasteiger partial charge in [0.25, 0.3) is 0 Å². The third-order valence-electron chi connectivity index (χ3n) is 4.08. The smallest absolute Gasteiger partial charge is 0.233 e. The fourth-order valence-corrected chi connectivity index (χ4v) is 3.34. The normalized spacial score (nSPS) is 26.1. The number of hydrogen-bond acceptors (Lipinski definition) is 3. The summed E-state index contributed by atoms with van der Waals surface area (Å²) in [5.41, 5.74) is 7.33. The highest BCUT2D eigenvalue weighted by Gasteiger charge is 2.49. The Morgan fingerprint density at radius 3 is 2.42 bits per heavy atom. The van der Waals surface area contributed by atoms with E-state index in [-0.39, 0.29) is 23.7 Å². The van der Waals surface area contributed by atoms with Crippen LogP contribution in [-0.2, 0) is 16.1 Å². The molecule has 1 aliphatic heterocycles. The molecule has 1 heterocycles. The minimum atomic E-state index is -0.0692. The van der Waals surface area contributed by atoms with Crippen molar-refractivity contribution < 1.29 is 9.59 Å². The third-order valence-corrected chi connectivity index (χ3v) is 4.81. The van der Waals surface area contributed by atoms with E-state index in [1.807, 2.05) is 12.1 Å². The number of halogens is 1. The van der Waals surface area contributed by atoms with Gasteiger partial charge in [-0.05, 0) is 46.5 Å². The number of nitrogens with zero attached hydrogens (tertiary/aromatic N) is 1. The van der Waals surface area contributed by atoms with E-state index in [1.54, 1.807) is 6.07 Å². The van der Waals surface area contributed by atoms with Crippen molar-refractivity contribution in [1.82, 2.24) is 4.90 Å². The Kier molecular flexibility index (Phi) is 3.09. The molecule has 0 radical (unpaired) electrons. The van der Waals surface area contributed by atoms with Gasteiger partial charge in [0.2, 0.25) is 11.8 Å². The molecule has 2 atom stereocenters. The highest BCUT2D eigenvalue weighted by Crippen LogP contribution is 2.40. The van der Waals surface area contributed by atoms with Gasteiger partial charge in [-0.2, -0.15) is 0 Å². The number of carbonyl (C=O) groups is 2. The van der Waals surface area contributed by atoms with Crippen LogP contribution in [-0.4, -0.2) is 16.7 Å². The lowest BCUT2D eigenvalue weighted by Gasteiger charge is -2.16. The summed E-state index contributed by atoms with van der Waals surface area (Å²) in [6, 6.07) is 5.53. The molecule has 1 saturated heterocycles. The van der Waals surface area contributed by atoms with Gasteiger partial charge in [0.1, 0.15) is 0 Å². The van der Waals surface area contributed by atoms with Gasteiger partial charge in [0.05, 0.1) is 18.4 Å². The van der Waals surface area contributed by atoms with E-state index in [4.69, 9.17) is 5.73 Å². The third kappa shape index (κ3) is 2.06. The number of imide groups is 1. The molecule has 0 bridgehead atoms.